The molecule has 0 atom stereocenters. The van der Waals surface area contributed by atoms with Crippen molar-refractivity contribution in [3.8, 4) is 11.3 Å². The Morgan fingerprint density at radius 1 is 1.21 bits per heavy atom. The summed E-state index contributed by atoms with van der Waals surface area (Å²) in [5.74, 6) is 0.734. The summed E-state index contributed by atoms with van der Waals surface area (Å²) in [5.41, 5.74) is 3.31. The van der Waals surface area contributed by atoms with Crippen LogP contribution in [0.1, 0.15) is 30.1 Å². The molecule has 146 valence electrons. The number of aryl methyl sites for hydroxylation is 1. The Morgan fingerprint density at radius 2 is 1.96 bits per heavy atom. The van der Waals surface area contributed by atoms with Gasteiger partial charge >= 0.3 is 0 Å². The largest absolute Gasteiger partial charge is 0.339 e. The molecular formula is C22H27N5O. The van der Waals surface area contributed by atoms with Gasteiger partial charge in [0.2, 0.25) is 0 Å². The number of nitrogens with one attached hydrogen (secondary N) is 1. The third-order valence-electron chi connectivity index (χ3n) is 5.60. The van der Waals surface area contributed by atoms with Gasteiger partial charge in [0.05, 0.1) is 22.8 Å². The van der Waals surface area contributed by atoms with Crippen LogP contribution in [-0.4, -0.2) is 52.3 Å². The smallest absolute Gasteiger partial charge is 0.254 e. The summed E-state index contributed by atoms with van der Waals surface area (Å²) >= 11 is 0. The molecule has 1 aliphatic heterocycles. The standard InChI is InChI=1S/C22H27N5O/c1-3-27-21-19(15-24-27)18(13-20(25-21)17-7-5-4-6-8-17)22(28)26-11-9-16(10-12-26)14-23-2/h4-8,13,15-16,23H,3,9-12,14H2,1-2H3. The SMILES string of the molecule is CCn1ncc2c(C(=O)N3CCC(CNC)CC3)cc(-c3ccccc3)nc21. The van der Waals surface area contributed by atoms with Crippen molar-refractivity contribution >= 4 is 16.9 Å². The monoisotopic (exact) mass is 377 g/mol. The minimum atomic E-state index is 0.0862. The molecule has 0 saturated carbocycles. The van der Waals surface area contributed by atoms with Crippen molar-refractivity contribution in [1.29, 1.82) is 0 Å². The second-order valence-electron chi connectivity index (χ2n) is 7.41. The van der Waals surface area contributed by atoms with E-state index in [-0.39, 0.29) is 5.91 Å². The van der Waals surface area contributed by atoms with Crippen LogP contribution in [0.2, 0.25) is 0 Å². The number of carbonyl (C=O) groups is 1. The molecule has 2 aromatic heterocycles. The minimum Gasteiger partial charge on any atom is -0.339 e. The fraction of sp³-hybridized carbons (Fsp3) is 0.409. The average molecular weight is 377 g/mol. The molecule has 1 aliphatic rings. The Labute approximate surface area is 165 Å². The number of nitrogens with zero attached hydrogens (tertiary/aromatic N) is 4. The third kappa shape index (κ3) is 3.52. The zero-order valence-corrected chi connectivity index (χ0v) is 16.6. The lowest BCUT2D eigenvalue weighted by Crippen LogP contribution is -2.40. The van der Waals surface area contributed by atoms with E-state index in [1.807, 2.05) is 60.0 Å². The molecular weight excluding hydrogens is 350 g/mol. The number of benzene rings is 1. The Balaban J connectivity index is 1.71. The second-order valence-corrected chi connectivity index (χ2v) is 7.41. The van der Waals surface area contributed by atoms with Gasteiger partial charge < -0.3 is 10.2 Å². The quantitative estimate of drug-likeness (QED) is 0.742. The maximum absolute atomic E-state index is 13.4. The van der Waals surface area contributed by atoms with Crippen LogP contribution in [0.3, 0.4) is 0 Å². The van der Waals surface area contributed by atoms with Crippen molar-refractivity contribution in [3.63, 3.8) is 0 Å². The fourth-order valence-corrected chi connectivity index (χ4v) is 4.01. The molecule has 0 radical (unpaired) electrons. The Bertz CT molecular complexity index is 958. The number of hydrogen-bond acceptors (Lipinski definition) is 4. The zero-order chi connectivity index (χ0) is 19.5. The van der Waals surface area contributed by atoms with E-state index in [0.29, 0.717) is 11.5 Å². The van der Waals surface area contributed by atoms with E-state index in [4.69, 9.17) is 4.98 Å². The molecule has 1 fully saturated rings. The lowest BCUT2D eigenvalue weighted by Gasteiger charge is -2.32. The number of carbonyl (C=O) groups excluding carboxylic acids is 1. The van der Waals surface area contributed by atoms with Gasteiger partial charge in [-0.25, -0.2) is 9.67 Å². The van der Waals surface area contributed by atoms with E-state index in [9.17, 15) is 4.79 Å². The first-order valence-electron chi connectivity index (χ1n) is 10.1. The van der Waals surface area contributed by atoms with Gasteiger partial charge in [-0.15, -0.1) is 0 Å². The number of aromatic nitrogens is 3. The molecule has 1 aromatic carbocycles. The number of rotatable bonds is 5. The summed E-state index contributed by atoms with van der Waals surface area (Å²) in [7, 11) is 1.99. The molecule has 28 heavy (non-hydrogen) atoms. The maximum Gasteiger partial charge on any atom is 0.254 e. The van der Waals surface area contributed by atoms with Crippen LogP contribution in [0, 0.1) is 5.92 Å². The number of piperidine rings is 1. The number of hydrogen-bond donors (Lipinski definition) is 1. The first kappa shape index (κ1) is 18.6. The van der Waals surface area contributed by atoms with Gasteiger partial charge in [-0.2, -0.15) is 5.10 Å². The lowest BCUT2D eigenvalue weighted by atomic mass is 9.96. The molecule has 1 N–H and O–H groups in total. The minimum absolute atomic E-state index is 0.0862. The molecule has 3 aromatic rings. The van der Waals surface area contributed by atoms with Gasteiger partial charge in [-0.1, -0.05) is 30.3 Å². The van der Waals surface area contributed by atoms with Gasteiger partial charge in [0.15, 0.2) is 5.65 Å². The number of fused-ring (bicyclic) bond motifs is 1. The molecule has 6 nitrogen and oxygen atoms in total. The molecule has 6 heteroatoms. The van der Waals surface area contributed by atoms with Gasteiger partial charge in [0.25, 0.3) is 5.91 Å². The highest BCUT2D eigenvalue weighted by Crippen LogP contribution is 2.27. The van der Waals surface area contributed by atoms with Gasteiger partial charge in [0, 0.05) is 25.2 Å². The normalized spacial score (nSPS) is 15.3. The van der Waals surface area contributed by atoms with Crippen molar-refractivity contribution in [2.24, 2.45) is 5.92 Å². The number of likely N-dealkylation sites (tertiary alicyclic amines) is 1. The zero-order valence-electron chi connectivity index (χ0n) is 16.6. The fourth-order valence-electron chi connectivity index (χ4n) is 4.01. The summed E-state index contributed by atoms with van der Waals surface area (Å²) in [5, 5.41) is 8.53. The Morgan fingerprint density at radius 3 is 2.64 bits per heavy atom. The molecule has 4 rings (SSSR count). The third-order valence-corrected chi connectivity index (χ3v) is 5.60. The molecule has 0 spiro atoms. The van der Waals surface area contributed by atoms with Crippen LogP contribution in [0.4, 0.5) is 0 Å². The Kier molecular flexibility index (Phi) is 5.39. The van der Waals surface area contributed by atoms with Crippen LogP contribution in [0.5, 0.6) is 0 Å². The highest BCUT2D eigenvalue weighted by atomic mass is 16.2. The topological polar surface area (TPSA) is 63.1 Å². The summed E-state index contributed by atoms with van der Waals surface area (Å²) in [4.78, 5) is 20.2. The van der Waals surface area contributed by atoms with Gasteiger partial charge in [-0.3, -0.25) is 4.79 Å². The lowest BCUT2D eigenvalue weighted by molar-refractivity contribution is 0.0693. The molecule has 0 aliphatic carbocycles. The van der Waals surface area contributed by atoms with Crippen molar-refractivity contribution in [2.45, 2.75) is 26.3 Å². The predicted molar refractivity (Wildman–Crippen MR) is 111 cm³/mol. The number of pyridine rings is 1. The summed E-state index contributed by atoms with van der Waals surface area (Å²) in [6.07, 6.45) is 3.86. The Hall–Kier alpha value is -2.73. The number of amides is 1. The van der Waals surface area contributed by atoms with E-state index < -0.39 is 0 Å². The second kappa shape index (κ2) is 8.10. The predicted octanol–water partition coefficient (Wildman–Crippen LogP) is 3.19. The van der Waals surface area contributed by atoms with E-state index in [2.05, 4.69) is 10.4 Å². The average Bonchev–Trinajstić information content (AvgIpc) is 3.17. The summed E-state index contributed by atoms with van der Waals surface area (Å²) < 4.78 is 1.86. The molecule has 0 unspecified atom stereocenters. The first-order chi connectivity index (χ1) is 13.7. The molecule has 1 saturated heterocycles. The van der Waals surface area contributed by atoms with E-state index in [0.717, 1.165) is 61.3 Å². The van der Waals surface area contributed by atoms with Crippen LogP contribution in [0.25, 0.3) is 22.3 Å². The van der Waals surface area contributed by atoms with Crippen molar-refractivity contribution in [1.82, 2.24) is 25.0 Å². The molecule has 0 bridgehead atoms. The van der Waals surface area contributed by atoms with Crippen LogP contribution >= 0.6 is 0 Å². The molecule has 3 heterocycles. The summed E-state index contributed by atoms with van der Waals surface area (Å²) in [6, 6.07) is 12.0. The first-order valence-corrected chi connectivity index (χ1v) is 10.1. The maximum atomic E-state index is 13.4. The van der Waals surface area contributed by atoms with E-state index in [1.165, 1.54) is 0 Å². The molecule has 1 amide bonds. The van der Waals surface area contributed by atoms with Crippen LogP contribution in [0.15, 0.2) is 42.6 Å². The van der Waals surface area contributed by atoms with Crippen molar-refractivity contribution in [2.75, 3.05) is 26.7 Å². The van der Waals surface area contributed by atoms with Crippen molar-refractivity contribution in [3.05, 3.63) is 48.2 Å². The van der Waals surface area contributed by atoms with Crippen LogP contribution < -0.4 is 5.32 Å². The summed E-state index contributed by atoms with van der Waals surface area (Å²) in [6.45, 7) is 5.38. The highest BCUT2D eigenvalue weighted by molar-refractivity contribution is 6.06. The highest BCUT2D eigenvalue weighted by Gasteiger charge is 2.26. The van der Waals surface area contributed by atoms with Crippen molar-refractivity contribution < 1.29 is 4.79 Å². The van der Waals surface area contributed by atoms with Crippen LogP contribution in [-0.2, 0) is 6.54 Å². The van der Waals surface area contributed by atoms with Gasteiger partial charge in [0.1, 0.15) is 0 Å². The van der Waals surface area contributed by atoms with E-state index in [1.54, 1.807) is 6.20 Å². The van der Waals surface area contributed by atoms with E-state index >= 15 is 0 Å². The van der Waals surface area contributed by atoms with Gasteiger partial charge in [-0.05, 0) is 45.3 Å².